The Balaban J connectivity index is 2.21. The molecule has 2 aromatic rings. The van der Waals surface area contributed by atoms with Gasteiger partial charge >= 0.3 is 0 Å². The van der Waals surface area contributed by atoms with Crippen molar-refractivity contribution in [1.29, 1.82) is 0 Å². The van der Waals surface area contributed by atoms with E-state index < -0.39 is 0 Å². The van der Waals surface area contributed by atoms with E-state index in [1.54, 1.807) is 6.20 Å². The first-order valence-corrected chi connectivity index (χ1v) is 5.49. The molecule has 0 saturated carbocycles. The third-order valence-electron chi connectivity index (χ3n) is 2.17. The monoisotopic (exact) mass is 236 g/mol. The predicted octanol–water partition coefficient (Wildman–Crippen LogP) is 2.88. The van der Waals surface area contributed by atoms with E-state index in [0.717, 1.165) is 11.3 Å². The van der Waals surface area contributed by atoms with Gasteiger partial charge in [0.1, 0.15) is 5.76 Å². The summed E-state index contributed by atoms with van der Waals surface area (Å²) in [5.41, 5.74) is 6.60. The molecule has 0 amide bonds. The normalized spacial score (nSPS) is 12.7. The minimum atomic E-state index is 0.0750. The van der Waals surface area contributed by atoms with Crippen LogP contribution in [0, 0.1) is 0 Å². The molecule has 16 heavy (non-hydrogen) atoms. The predicted molar refractivity (Wildman–Crippen MR) is 64.3 cm³/mol. The van der Waals surface area contributed by atoms with Gasteiger partial charge in [0.15, 0.2) is 0 Å². The van der Waals surface area contributed by atoms with Crippen LogP contribution in [0.15, 0.2) is 34.9 Å². The lowest BCUT2D eigenvalue weighted by Crippen LogP contribution is -2.17. The molecule has 0 aliphatic carbocycles. The van der Waals surface area contributed by atoms with Gasteiger partial charge in [-0.2, -0.15) is 0 Å². The van der Waals surface area contributed by atoms with E-state index in [1.165, 1.54) is 0 Å². The number of hydrogen-bond acceptors (Lipinski definition) is 3. The van der Waals surface area contributed by atoms with Gasteiger partial charge in [-0.1, -0.05) is 11.6 Å². The van der Waals surface area contributed by atoms with Gasteiger partial charge in [0.25, 0.3) is 0 Å². The molecule has 1 aromatic carbocycles. The molecule has 1 aromatic heterocycles. The highest BCUT2D eigenvalue weighted by atomic mass is 35.5. The largest absolute Gasteiger partial charge is 0.441 e. The zero-order chi connectivity index (χ0) is 11.5. The molecule has 4 heteroatoms. The van der Waals surface area contributed by atoms with Crippen LogP contribution in [0.25, 0.3) is 11.5 Å². The van der Waals surface area contributed by atoms with Crippen molar-refractivity contribution < 1.29 is 4.42 Å². The second kappa shape index (κ2) is 4.68. The number of oxazole rings is 1. The van der Waals surface area contributed by atoms with Crippen LogP contribution in [0.4, 0.5) is 0 Å². The Hall–Kier alpha value is -1.32. The molecule has 1 atom stereocenters. The molecule has 2 rings (SSSR count). The Bertz CT molecular complexity index is 462. The SMILES string of the molecule is CC(N)Cc1cnc(-c2ccc(Cl)cc2)o1. The van der Waals surface area contributed by atoms with Crippen molar-refractivity contribution in [3.63, 3.8) is 0 Å². The van der Waals surface area contributed by atoms with Crippen molar-refractivity contribution in [2.45, 2.75) is 19.4 Å². The zero-order valence-electron chi connectivity index (χ0n) is 8.98. The Morgan fingerprint density at radius 1 is 1.38 bits per heavy atom. The van der Waals surface area contributed by atoms with Crippen molar-refractivity contribution in [1.82, 2.24) is 4.98 Å². The molecule has 0 fully saturated rings. The fourth-order valence-electron chi connectivity index (χ4n) is 1.45. The van der Waals surface area contributed by atoms with E-state index in [4.69, 9.17) is 21.8 Å². The summed E-state index contributed by atoms with van der Waals surface area (Å²) in [5.74, 6) is 1.41. The Morgan fingerprint density at radius 2 is 2.06 bits per heavy atom. The molecule has 3 nitrogen and oxygen atoms in total. The van der Waals surface area contributed by atoms with Gasteiger partial charge < -0.3 is 10.2 Å². The topological polar surface area (TPSA) is 52.0 Å². The van der Waals surface area contributed by atoms with E-state index in [1.807, 2.05) is 31.2 Å². The lowest BCUT2D eigenvalue weighted by atomic mass is 10.2. The van der Waals surface area contributed by atoms with Crippen molar-refractivity contribution in [3.8, 4) is 11.5 Å². The van der Waals surface area contributed by atoms with Crippen LogP contribution in [-0.2, 0) is 6.42 Å². The zero-order valence-corrected chi connectivity index (χ0v) is 9.74. The highest BCUT2D eigenvalue weighted by Crippen LogP contribution is 2.21. The highest BCUT2D eigenvalue weighted by Gasteiger charge is 2.07. The maximum atomic E-state index is 5.81. The number of aromatic nitrogens is 1. The first-order valence-electron chi connectivity index (χ1n) is 5.11. The van der Waals surface area contributed by atoms with Crippen LogP contribution in [-0.4, -0.2) is 11.0 Å². The first kappa shape index (κ1) is 11.2. The number of hydrogen-bond donors (Lipinski definition) is 1. The molecule has 0 aliphatic rings. The van der Waals surface area contributed by atoms with Gasteiger partial charge in [-0.15, -0.1) is 0 Å². The van der Waals surface area contributed by atoms with E-state index in [2.05, 4.69) is 4.98 Å². The standard InChI is InChI=1S/C12H13ClN2O/c1-8(14)6-11-7-15-12(16-11)9-2-4-10(13)5-3-9/h2-5,7-8H,6,14H2,1H3. The third-order valence-corrected chi connectivity index (χ3v) is 2.42. The lowest BCUT2D eigenvalue weighted by Gasteiger charge is -1.99. The van der Waals surface area contributed by atoms with Crippen LogP contribution < -0.4 is 5.73 Å². The van der Waals surface area contributed by atoms with Crippen LogP contribution in [0.5, 0.6) is 0 Å². The molecule has 0 radical (unpaired) electrons. The van der Waals surface area contributed by atoms with Crippen LogP contribution in [0.2, 0.25) is 5.02 Å². The average Bonchev–Trinajstić information content (AvgIpc) is 2.66. The molecular weight excluding hydrogens is 224 g/mol. The van der Waals surface area contributed by atoms with Gasteiger partial charge in [0, 0.05) is 23.0 Å². The minimum Gasteiger partial charge on any atom is -0.441 e. The van der Waals surface area contributed by atoms with Crippen LogP contribution >= 0.6 is 11.6 Å². The molecule has 1 heterocycles. The number of nitrogens with zero attached hydrogens (tertiary/aromatic N) is 1. The van der Waals surface area contributed by atoms with Crippen LogP contribution in [0.3, 0.4) is 0 Å². The van der Waals surface area contributed by atoms with Gasteiger partial charge in [-0.05, 0) is 31.2 Å². The molecular formula is C12H13ClN2O. The van der Waals surface area contributed by atoms with Gasteiger partial charge in [-0.25, -0.2) is 4.98 Å². The van der Waals surface area contributed by atoms with Crippen LogP contribution in [0.1, 0.15) is 12.7 Å². The second-order valence-corrected chi connectivity index (χ2v) is 4.26. The lowest BCUT2D eigenvalue weighted by molar-refractivity contribution is 0.500. The van der Waals surface area contributed by atoms with Gasteiger partial charge in [-0.3, -0.25) is 0 Å². The summed E-state index contributed by atoms with van der Waals surface area (Å²) < 4.78 is 5.59. The molecule has 0 saturated heterocycles. The summed E-state index contributed by atoms with van der Waals surface area (Å²) in [7, 11) is 0. The molecule has 2 N–H and O–H groups in total. The fraction of sp³-hybridized carbons (Fsp3) is 0.250. The van der Waals surface area contributed by atoms with E-state index in [9.17, 15) is 0 Å². The van der Waals surface area contributed by atoms with Gasteiger partial charge in [0.2, 0.25) is 5.89 Å². The van der Waals surface area contributed by atoms with E-state index in [0.29, 0.717) is 17.3 Å². The maximum Gasteiger partial charge on any atom is 0.226 e. The Kier molecular flexibility index (Phi) is 3.27. The Morgan fingerprint density at radius 3 is 2.69 bits per heavy atom. The summed E-state index contributed by atoms with van der Waals surface area (Å²) in [4.78, 5) is 4.20. The minimum absolute atomic E-state index is 0.0750. The molecule has 1 unspecified atom stereocenters. The first-order chi connectivity index (χ1) is 7.65. The summed E-state index contributed by atoms with van der Waals surface area (Å²) in [5, 5.41) is 0.700. The average molecular weight is 237 g/mol. The third kappa shape index (κ3) is 2.62. The Labute approximate surface area is 99.2 Å². The number of rotatable bonds is 3. The van der Waals surface area contributed by atoms with Crippen molar-refractivity contribution >= 4 is 11.6 Å². The quantitative estimate of drug-likeness (QED) is 0.892. The number of benzene rings is 1. The highest BCUT2D eigenvalue weighted by molar-refractivity contribution is 6.30. The molecule has 0 spiro atoms. The summed E-state index contributed by atoms with van der Waals surface area (Å²) in [6.07, 6.45) is 2.41. The van der Waals surface area contributed by atoms with Crippen molar-refractivity contribution in [2.24, 2.45) is 5.73 Å². The second-order valence-electron chi connectivity index (χ2n) is 3.82. The van der Waals surface area contributed by atoms with Crippen molar-refractivity contribution in [3.05, 3.63) is 41.2 Å². The van der Waals surface area contributed by atoms with Gasteiger partial charge in [0.05, 0.1) is 6.20 Å². The summed E-state index contributed by atoms with van der Waals surface area (Å²) >= 11 is 5.81. The summed E-state index contributed by atoms with van der Waals surface area (Å²) in [6.45, 7) is 1.94. The molecule has 0 aliphatic heterocycles. The number of halogens is 1. The summed E-state index contributed by atoms with van der Waals surface area (Å²) in [6, 6.07) is 7.46. The molecule has 84 valence electrons. The fourth-order valence-corrected chi connectivity index (χ4v) is 1.57. The van der Waals surface area contributed by atoms with E-state index in [-0.39, 0.29) is 6.04 Å². The number of nitrogens with two attached hydrogens (primary N) is 1. The smallest absolute Gasteiger partial charge is 0.226 e. The maximum absolute atomic E-state index is 5.81. The molecule has 0 bridgehead atoms. The van der Waals surface area contributed by atoms with Crippen molar-refractivity contribution in [2.75, 3.05) is 0 Å². The van der Waals surface area contributed by atoms with E-state index >= 15 is 0 Å².